The highest BCUT2D eigenvalue weighted by molar-refractivity contribution is 5.41. The van der Waals surface area contributed by atoms with E-state index in [1.54, 1.807) is 0 Å². The Hall–Kier alpha value is -1.02. The lowest BCUT2D eigenvalue weighted by Crippen LogP contribution is -2.21. The normalized spacial score (nSPS) is 10.8. The molecule has 4 N–H and O–H groups in total. The molecule has 0 unspecified atom stereocenters. The topological polar surface area (TPSA) is 52.0 Å². The number of rotatable bonds is 3. The molecule has 0 amide bonds. The monoisotopic (exact) mass is 194 g/mol. The van der Waals surface area contributed by atoms with Crippen molar-refractivity contribution in [3.63, 3.8) is 0 Å². The standard InChI is InChI=1S/C11H18N2.CH4/c1-11(2,7-8-12)9-3-5-10(13)6-4-9;/h3-6H,7-8,12-13H2,1-2H3;1H4. The van der Waals surface area contributed by atoms with Crippen molar-refractivity contribution in [2.24, 2.45) is 5.73 Å². The smallest absolute Gasteiger partial charge is 0.0314 e. The Morgan fingerprint density at radius 1 is 1.14 bits per heavy atom. The maximum Gasteiger partial charge on any atom is 0.0314 e. The number of benzene rings is 1. The van der Waals surface area contributed by atoms with Gasteiger partial charge < -0.3 is 11.5 Å². The predicted octanol–water partition coefficient (Wildman–Crippen LogP) is 2.53. The van der Waals surface area contributed by atoms with Crippen molar-refractivity contribution in [2.75, 3.05) is 12.3 Å². The maximum absolute atomic E-state index is 5.62. The molecule has 2 heteroatoms. The van der Waals surface area contributed by atoms with Gasteiger partial charge in [-0.2, -0.15) is 0 Å². The highest BCUT2D eigenvalue weighted by Crippen LogP contribution is 2.26. The van der Waals surface area contributed by atoms with Crippen molar-refractivity contribution in [1.29, 1.82) is 0 Å². The van der Waals surface area contributed by atoms with E-state index in [-0.39, 0.29) is 12.8 Å². The minimum absolute atomic E-state index is 0. The molecule has 14 heavy (non-hydrogen) atoms. The zero-order valence-corrected chi connectivity index (χ0v) is 8.38. The van der Waals surface area contributed by atoms with Crippen LogP contribution in [0.2, 0.25) is 0 Å². The maximum atomic E-state index is 5.62. The number of anilines is 1. The van der Waals surface area contributed by atoms with Crippen molar-refractivity contribution in [1.82, 2.24) is 0 Å². The van der Waals surface area contributed by atoms with E-state index in [1.807, 2.05) is 12.1 Å². The van der Waals surface area contributed by atoms with Gasteiger partial charge in [-0.3, -0.25) is 0 Å². The van der Waals surface area contributed by atoms with Crippen LogP contribution in [-0.4, -0.2) is 6.54 Å². The fourth-order valence-electron chi connectivity index (χ4n) is 1.44. The van der Waals surface area contributed by atoms with Crippen LogP contribution < -0.4 is 11.5 Å². The molecule has 80 valence electrons. The third kappa shape index (κ3) is 3.04. The van der Waals surface area contributed by atoms with E-state index in [4.69, 9.17) is 11.5 Å². The molecule has 0 atom stereocenters. The largest absolute Gasteiger partial charge is 0.399 e. The summed E-state index contributed by atoms with van der Waals surface area (Å²) < 4.78 is 0. The van der Waals surface area contributed by atoms with Crippen LogP contribution in [0.3, 0.4) is 0 Å². The van der Waals surface area contributed by atoms with Crippen LogP contribution in [0.4, 0.5) is 5.69 Å². The van der Waals surface area contributed by atoms with E-state index >= 15 is 0 Å². The Labute approximate surface area is 87.3 Å². The molecule has 1 rings (SSSR count). The lowest BCUT2D eigenvalue weighted by Gasteiger charge is -2.24. The molecular formula is C12H22N2. The average Bonchev–Trinajstić information content (AvgIpc) is 2.05. The minimum atomic E-state index is 0. The summed E-state index contributed by atoms with van der Waals surface area (Å²) in [5.74, 6) is 0. The zero-order chi connectivity index (χ0) is 9.90. The molecule has 0 aliphatic rings. The molecule has 0 aliphatic heterocycles. The molecule has 0 heterocycles. The van der Waals surface area contributed by atoms with E-state index in [1.165, 1.54) is 5.56 Å². The molecule has 2 nitrogen and oxygen atoms in total. The van der Waals surface area contributed by atoms with Crippen LogP contribution in [0.15, 0.2) is 24.3 Å². The quantitative estimate of drug-likeness (QED) is 0.726. The molecular weight excluding hydrogens is 172 g/mol. The van der Waals surface area contributed by atoms with Crippen LogP contribution >= 0.6 is 0 Å². The number of nitrogen functional groups attached to an aromatic ring is 1. The van der Waals surface area contributed by atoms with E-state index < -0.39 is 0 Å². The molecule has 0 saturated heterocycles. The molecule has 0 fully saturated rings. The Balaban J connectivity index is 0.00000169. The van der Waals surface area contributed by atoms with Crippen molar-refractivity contribution in [3.8, 4) is 0 Å². The summed E-state index contributed by atoms with van der Waals surface area (Å²) in [6, 6.07) is 8.02. The van der Waals surface area contributed by atoms with E-state index in [0.717, 1.165) is 18.7 Å². The minimum Gasteiger partial charge on any atom is -0.399 e. The van der Waals surface area contributed by atoms with Crippen LogP contribution in [0, 0.1) is 0 Å². The van der Waals surface area contributed by atoms with Gasteiger partial charge in [-0.05, 0) is 36.1 Å². The summed E-state index contributed by atoms with van der Waals surface area (Å²) in [7, 11) is 0. The lowest BCUT2D eigenvalue weighted by atomic mass is 9.81. The second-order valence-corrected chi connectivity index (χ2v) is 4.04. The fraction of sp³-hybridized carbons (Fsp3) is 0.500. The van der Waals surface area contributed by atoms with Crippen LogP contribution in [-0.2, 0) is 5.41 Å². The molecule has 0 aromatic heterocycles. The van der Waals surface area contributed by atoms with E-state index in [9.17, 15) is 0 Å². The summed E-state index contributed by atoms with van der Waals surface area (Å²) in [6.07, 6.45) is 0.997. The third-order valence-electron chi connectivity index (χ3n) is 2.46. The molecule has 0 aliphatic carbocycles. The summed E-state index contributed by atoms with van der Waals surface area (Å²) >= 11 is 0. The van der Waals surface area contributed by atoms with Gasteiger partial charge in [0.15, 0.2) is 0 Å². The number of hydrogen-bond acceptors (Lipinski definition) is 2. The van der Waals surface area contributed by atoms with Gasteiger partial charge in [0.25, 0.3) is 0 Å². The molecule has 0 radical (unpaired) electrons. The van der Waals surface area contributed by atoms with Gasteiger partial charge in [0.05, 0.1) is 0 Å². The first-order chi connectivity index (χ1) is 6.06. The van der Waals surface area contributed by atoms with Gasteiger partial charge >= 0.3 is 0 Å². The lowest BCUT2D eigenvalue weighted by molar-refractivity contribution is 0.488. The van der Waals surface area contributed by atoms with Crippen LogP contribution in [0.5, 0.6) is 0 Å². The van der Waals surface area contributed by atoms with E-state index in [0.29, 0.717) is 0 Å². The molecule has 0 saturated carbocycles. The predicted molar refractivity (Wildman–Crippen MR) is 64.3 cm³/mol. The van der Waals surface area contributed by atoms with Crippen molar-refractivity contribution in [3.05, 3.63) is 29.8 Å². The summed E-state index contributed by atoms with van der Waals surface area (Å²) in [4.78, 5) is 0. The summed E-state index contributed by atoms with van der Waals surface area (Å²) in [5, 5.41) is 0. The van der Waals surface area contributed by atoms with Gasteiger partial charge in [0, 0.05) is 5.69 Å². The number of hydrogen-bond donors (Lipinski definition) is 2. The Morgan fingerprint density at radius 2 is 1.64 bits per heavy atom. The molecule has 0 spiro atoms. The van der Waals surface area contributed by atoms with Crippen molar-refractivity contribution in [2.45, 2.75) is 33.1 Å². The van der Waals surface area contributed by atoms with Gasteiger partial charge in [-0.25, -0.2) is 0 Å². The Morgan fingerprint density at radius 3 is 2.07 bits per heavy atom. The van der Waals surface area contributed by atoms with Crippen LogP contribution in [0.25, 0.3) is 0 Å². The Kier molecular flexibility index (Phi) is 4.64. The first-order valence-electron chi connectivity index (χ1n) is 4.62. The highest BCUT2D eigenvalue weighted by atomic mass is 14.5. The first-order valence-corrected chi connectivity index (χ1v) is 4.62. The molecule has 0 bridgehead atoms. The highest BCUT2D eigenvalue weighted by Gasteiger charge is 2.18. The van der Waals surface area contributed by atoms with Crippen molar-refractivity contribution >= 4 is 5.69 Å². The molecule has 1 aromatic rings. The third-order valence-corrected chi connectivity index (χ3v) is 2.46. The summed E-state index contributed by atoms with van der Waals surface area (Å²) in [6.45, 7) is 5.12. The SMILES string of the molecule is C.CC(C)(CCN)c1ccc(N)cc1. The fourth-order valence-corrected chi connectivity index (χ4v) is 1.44. The van der Waals surface area contributed by atoms with Gasteiger partial charge in [0.1, 0.15) is 0 Å². The van der Waals surface area contributed by atoms with Crippen molar-refractivity contribution < 1.29 is 0 Å². The average molecular weight is 194 g/mol. The first kappa shape index (κ1) is 13.0. The summed E-state index contributed by atoms with van der Waals surface area (Å²) in [5.41, 5.74) is 13.4. The van der Waals surface area contributed by atoms with Crippen LogP contribution in [0.1, 0.15) is 33.3 Å². The van der Waals surface area contributed by atoms with Gasteiger partial charge in [0.2, 0.25) is 0 Å². The zero-order valence-electron chi connectivity index (χ0n) is 8.38. The number of nitrogens with two attached hydrogens (primary N) is 2. The molecule has 1 aromatic carbocycles. The van der Waals surface area contributed by atoms with Gasteiger partial charge in [-0.1, -0.05) is 33.4 Å². The Bertz CT molecular complexity index is 262. The van der Waals surface area contributed by atoms with Gasteiger partial charge in [-0.15, -0.1) is 0 Å². The second kappa shape index (κ2) is 5.01. The second-order valence-electron chi connectivity index (χ2n) is 4.04. The van der Waals surface area contributed by atoms with E-state index in [2.05, 4.69) is 26.0 Å².